The van der Waals surface area contributed by atoms with Gasteiger partial charge in [-0.3, -0.25) is 4.79 Å². The molecule has 0 saturated carbocycles. The highest BCUT2D eigenvalue weighted by Gasteiger charge is 2.11. The van der Waals surface area contributed by atoms with Gasteiger partial charge in [-0.05, 0) is 86.6 Å². The van der Waals surface area contributed by atoms with Crippen molar-refractivity contribution in [3.8, 4) is 0 Å². The van der Waals surface area contributed by atoms with E-state index < -0.39 is 6.29 Å². The van der Waals surface area contributed by atoms with E-state index in [1.165, 1.54) is 22.3 Å². The van der Waals surface area contributed by atoms with Crippen LogP contribution in [0.2, 0.25) is 0 Å². The SMILES string of the molecule is CC(C)=CCC/C(C)=C/COC(CCOC(=O)CCCCCNCCO)OC/C=C(\C)CCC=C(C)C. The van der Waals surface area contributed by atoms with Gasteiger partial charge in [-0.1, -0.05) is 53.0 Å². The standard InChI is InChI=1S/C31H55NO5/c1-26(2)12-10-14-28(5)17-23-36-31(37-24-18-29(6)15-11-13-27(3)4)19-25-35-30(34)16-8-7-9-20-32-21-22-33/h12-13,17-18,31-33H,7-11,14-16,19-25H2,1-6H3/b28-17+,29-18+. The molecular weight excluding hydrogens is 466 g/mol. The molecule has 0 unspecified atom stereocenters. The van der Waals surface area contributed by atoms with Gasteiger partial charge in [-0.2, -0.15) is 0 Å². The molecule has 2 N–H and O–H groups in total. The molecule has 0 amide bonds. The third kappa shape index (κ3) is 25.7. The number of ether oxygens (including phenoxy) is 3. The fourth-order valence-electron chi connectivity index (χ4n) is 3.43. The Kier molecular flexibility index (Phi) is 23.4. The van der Waals surface area contributed by atoms with Crippen molar-refractivity contribution in [1.82, 2.24) is 5.32 Å². The Morgan fingerprint density at radius 3 is 1.84 bits per heavy atom. The Bertz CT molecular complexity index is 658. The lowest BCUT2D eigenvalue weighted by molar-refractivity contribution is -0.154. The van der Waals surface area contributed by atoms with Crippen molar-refractivity contribution in [2.75, 3.05) is 39.5 Å². The van der Waals surface area contributed by atoms with Crippen molar-refractivity contribution in [3.05, 3.63) is 46.6 Å². The molecule has 0 bridgehead atoms. The second-order valence-electron chi connectivity index (χ2n) is 10.1. The quantitative estimate of drug-likeness (QED) is 0.0666. The Hall–Kier alpha value is -1.73. The summed E-state index contributed by atoms with van der Waals surface area (Å²) < 4.78 is 17.4. The lowest BCUT2D eigenvalue weighted by atomic mass is 10.1. The third-order valence-corrected chi connectivity index (χ3v) is 5.75. The predicted octanol–water partition coefficient (Wildman–Crippen LogP) is 6.81. The molecule has 0 aliphatic rings. The van der Waals surface area contributed by atoms with Gasteiger partial charge >= 0.3 is 5.97 Å². The highest BCUT2D eigenvalue weighted by atomic mass is 16.7. The normalized spacial score (nSPS) is 12.8. The largest absolute Gasteiger partial charge is 0.465 e. The molecule has 0 fully saturated rings. The number of esters is 1. The van der Waals surface area contributed by atoms with E-state index in [0.29, 0.717) is 32.6 Å². The van der Waals surface area contributed by atoms with Crippen LogP contribution in [0.5, 0.6) is 0 Å². The summed E-state index contributed by atoms with van der Waals surface area (Å²) in [6.45, 7) is 15.6. The summed E-state index contributed by atoms with van der Waals surface area (Å²) in [6.07, 6.45) is 16.1. The highest BCUT2D eigenvalue weighted by molar-refractivity contribution is 5.69. The third-order valence-electron chi connectivity index (χ3n) is 5.75. The molecule has 0 atom stereocenters. The van der Waals surface area contributed by atoms with Crippen LogP contribution < -0.4 is 5.32 Å². The number of aliphatic hydroxyl groups is 1. The van der Waals surface area contributed by atoms with E-state index in [-0.39, 0.29) is 19.2 Å². The average molecular weight is 522 g/mol. The lowest BCUT2D eigenvalue weighted by Gasteiger charge is -2.17. The number of carbonyl (C=O) groups is 1. The van der Waals surface area contributed by atoms with Gasteiger partial charge in [-0.25, -0.2) is 0 Å². The molecule has 0 saturated heterocycles. The first-order valence-corrected chi connectivity index (χ1v) is 14.0. The maximum Gasteiger partial charge on any atom is 0.305 e. The Labute approximate surface area is 227 Å². The van der Waals surface area contributed by atoms with Crippen LogP contribution in [0.3, 0.4) is 0 Å². The van der Waals surface area contributed by atoms with E-state index >= 15 is 0 Å². The van der Waals surface area contributed by atoms with Crippen LogP contribution >= 0.6 is 0 Å². The van der Waals surface area contributed by atoms with Crippen molar-refractivity contribution >= 4 is 5.97 Å². The van der Waals surface area contributed by atoms with Crippen LogP contribution in [-0.4, -0.2) is 56.9 Å². The molecule has 0 aromatic rings. The molecular formula is C31H55NO5. The number of hydrogen-bond donors (Lipinski definition) is 2. The van der Waals surface area contributed by atoms with Gasteiger partial charge in [0.1, 0.15) is 0 Å². The summed E-state index contributed by atoms with van der Waals surface area (Å²) in [6, 6.07) is 0. The number of nitrogens with one attached hydrogen (secondary N) is 1. The van der Waals surface area contributed by atoms with Crippen molar-refractivity contribution < 1.29 is 24.1 Å². The van der Waals surface area contributed by atoms with Crippen LogP contribution in [-0.2, 0) is 19.0 Å². The predicted molar refractivity (Wildman–Crippen MR) is 155 cm³/mol. The van der Waals surface area contributed by atoms with Gasteiger partial charge in [0, 0.05) is 19.4 Å². The molecule has 0 radical (unpaired) electrons. The Morgan fingerprint density at radius 1 is 0.757 bits per heavy atom. The Balaban J connectivity index is 4.52. The highest BCUT2D eigenvalue weighted by Crippen LogP contribution is 2.11. The van der Waals surface area contributed by atoms with Gasteiger partial charge in [0.25, 0.3) is 0 Å². The molecule has 0 heterocycles. The lowest BCUT2D eigenvalue weighted by Crippen LogP contribution is -2.21. The fraction of sp³-hybridized carbons (Fsp3) is 0.710. The number of rotatable bonds is 23. The maximum absolute atomic E-state index is 12.1. The second kappa shape index (κ2) is 24.6. The summed E-state index contributed by atoms with van der Waals surface area (Å²) in [7, 11) is 0. The second-order valence-corrected chi connectivity index (χ2v) is 10.1. The number of allylic oxidation sites excluding steroid dienone is 6. The van der Waals surface area contributed by atoms with Gasteiger partial charge < -0.3 is 24.6 Å². The molecule has 0 aromatic carbocycles. The molecule has 0 aliphatic carbocycles. The van der Waals surface area contributed by atoms with E-state index in [9.17, 15) is 4.79 Å². The van der Waals surface area contributed by atoms with Crippen molar-refractivity contribution in [3.63, 3.8) is 0 Å². The summed E-state index contributed by atoms with van der Waals surface area (Å²) in [5, 5.41) is 11.9. The molecule has 0 spiro atoms. The summed E-state index contributed by atoms with van der Waals surface area (Å²) in [5.74, 6) is -0.174. The fourth-order valence-corrected chi connectivity index (χ4v) is 3.43. The number of aliphatic hydroxyl groups excluding tert-OH is 1. The zero-order valence-corrected chi connectivity index (χ0v) is 24.6. The van der Waals surface area contributed by atoms with Crippen molar-refractivity contribution in [2.45, 2.75) is 106 Å². The molecule has 6 heteroatoms. The smallest absolute Gasteiger partial charge is 0.305 e. The molecule has 214 valence electrons. The van der Waals surface area contributed by atoms with Gasteiger partial charge in [0.2, 0.25) is 0 Å². The first-order valence-electron chi connectivity index (χ1n) is 14.0. The zero-order chi connectivity index (χ0) is 27.7. The van der Waals surface area contributed by atoms with E-state index in [1.807, 2.05) is 0 Å². The van der Waals surface area contributed by atoms with Crippen LogP contribution in [0.15, 0.2) is 46.6 Å². The van der Waals surface area contributed by atoms with Crippen LogP contribution in [0.25, 0.3) is 0 Å². The monoisotopic (exact) mass is 521 g/mol. The summed E-state index contributed by atoms with van der Waals surface area (Å²) >= 11 is 0. The minimum Gasteiger partial charge on any atom is -0.465 e. The van der Waals surface area contributed by atoms with E-state index in [2.05, 4.69) is 71.2 Å². The average Bonchev–Trinajstić information content (AvgIpc) is 2.82. The van der Waals surface area contributed by atoms with Crippen molar-refractivity contribution in [1.29, 1.82) is 0 Å². The van der Waals surface area contributed by atoms with Gasteiger partial charge in [0.15, 0.2) is 6.29 Å². The van der Waals surface area contributed by atoms with Gasteiger partial charge in [0.05, 0.1) is 26.4 Å². The Morgan fingerprint density at radius 2 is 1.32 bits per heavy atom. The van der Waals surface area contributed by atoms with Crippen LogP contribution in [0.1, 0.15) is 99.3 Å². The summed E-state index contributed by atoms with van der Waals surface area (Å²) in [5.41, 5.74) is 5.27. The van der Waals surface area contributed by atoms with Crippen LogP contribution in [0, 0.1) is 0 Å². The maximum atomic E-state index is 12.1. The van der Waals surface area contributed by atoms with E-state index in [0.717, 1.165) is 51.5 Å². The minimum atomic E-state index is -0.422. The molecule has 6 nitrogen and oxygen atoms in total. The van der Waals surface area contributed by atoms with E-state index in [4.69, 9.17) is 19.3 Å². The first kappa shape index (κ1) is 35.3. The molecule has 0 aliphatic heterocycles. The summed E-state index contributed by atoms with van der Waals surface area (Å²) in [4.78, 5) is 12.1. The zero-order valence-electron chi connectivity index (χ0n) is 24.6. The van der Waals surface area contributed by atoms with Gasteiger partial charge in [-0.15, -0.1) is 0 Å². The number of hydrogen-bond acceptors (Lipinski definition) is 6. The topological polar surface area (TPSA) is 77.0 Å². The van der Waals surface area contributed by atoms with E-state index in [1.54, 1.807) is 0 Å². The molecule has 0 aromatic heterocycles. The van der Waals surface area contributed by atoms with Crippen molar-refractivity contribution in [2.24, 2.45) is 0 Å². The molecule has 0 rings (SSSR count). The molecule has 37 heavy (non-hydrogen) atoms. The minimum absolute atomic E-state index is 0.152. The first-order chi connectivity index (χ1) is 17.7. The number of unbranched alkanes of at least 4 members (excludes halogenated alkanes) is 2. The van der Waals surface area contributed by atoms with Crippen LogP contribution in [0.4, 0.5) is 0 Å². The number of carbonyl (C=O) groups excluding carboxylic acids is 1.